The number of carbonyl (C=O) groups is 1. The van der Waals surface area contributed by atoms with E-state index >= 15 is 0 Å². The fourth-order valence-electron chi connectivity index (χ4n) is 0.942. The van der Waals surface area contributed by atoms with E-state index in [-0.39, 0.29) is 12.2 Å². The number of carboxylic acids is 1. The molecule has 0 aromatic heterocycles. The average Bonchev–Trinajstić information content (AvgIpc) is 2.18. The molecular formula is C9H8Cl2O3S. The van der Waals surface area contributed by atoms with Gasteiger partial charge in [-0.15, -0.1) is 0 Å². The highest BCUT2D eigenvalue weighted by Gasteiger charge is 2.10. The van der Waals surface area contributed by atoms with Crippen LogP contribution in [0.2, 0.25) is 10.0 Å². The van der Waals surface area contributed by atoms with Crippen LogP contribution < -0.4 is 0 Å². The number of carboxylic acid groups (broad SMARTS) is 1. The van der Waals surface area contributed by atoms with Crippen molar-refractivity contribution < 1.29 is 14.1 Å². The fourth-order valence-corrected chi connectivity index (χ4v) is 2.68. The standard InChI is InChI=1S/C9H8Cl2O3S/c10-6-1-2-7(11)8(5-6)15(14)4-3-9(12)13/h1-2,5H,3-4H2,(H,12,13). The summed E-state index contributed by atoms with van der Waals surface area (Å²) in [5, 5.41) is 9.20. The van der Waals surface area contributed by atoms with Crippen LogP contribution in [0.5, 0.6) is 0 Å². The first-order valence-electron chi connectivity index (χ1n) is 4.06. The van der Waals surface area contributed by atoms with Crippen LogP contribution in [0.1, 0.15) is 6.42 Å². The third kappa shape index (κ3) is 3.81. The van der Waals surface area contributed by atoms with Crippen LogP contribution in [-0.2, 0) is 15.6 Å². The largest absolute Gasteiger partial charge is 0.481 e. The molecule has 0 spiro atoms. The van der Waals surface area contributed by atoms with Crippen molar-refractivity contribution in [1.82, 2.24) is 0 Å². The second-order valence-corrected chi connectivity index (χ2v) is 5.15. The normalized spacial score (nSPS) is 12.4. The molecule has 0 aliphatic rings. The fraction of sp³-hybridized carbons (Fsp3) is 0.222. The van der Waals surface area contributed by atoms with Gasteiger partial charge in [-0.05, 0) is 18.2 Å². The van der Waals surface area contributed by atoms with Gasteiger partial charge in [0.05, 0.1) is 27.1 Å². The van der Waals surface area contributed by atoms with E-state index in [9.17, 15) is 9.00 Å². The minimum atomic E-state index is -1.42. The zero-order valence-electron chi connectivity index (χ0n) is 7.57. The molecule has 1 N–H and O–H groups in total. The van der Waals surface area contributed by atoms with E-state index in [1.165, 1.54) is 12.1 Å². The monoisotopic (exact) mass is 266 g/mol. The van der Waals surface area contributed by atoms with Crippen molar-refractivity contribution in [2.75, 3.05) is 5.75 Å². The summed E-state index contributed by atoms with van der Waals surface area (Å²) in [6.07, 6.45) is -0.157. The Morgan fingerprint density at radius 3 is 2.67 bits per heavy atom. The van der Waals surface area contributed by atoms with Crippen molar-refractivity contribution >= 4 is 40.0 Å². The van der Waals surface area contributed by atoms with Crippen LogP contribution in [0, 0.1) is 0 Å². The molecule has 6 heteroatoms. The minimum Gasteiger partial charge on any atom is -0.481 e. The Kier molecular flexibility index (Phi) is 4.57. The van der Waals surface area contributed by atoms with Gasteiger partial charge < -0.3 is 5.11 Å². The van der Waals surface area contributed by atoms with E-state index in [1.807, 2.05) is 0 Å². The second kappa shape index (κ2) is 5.49. The van der Waals surface area contributed by atoms with Crippen LogP contribution >= 0.6 is 23.2 Å². The lowest BCUT2D eigenvalue weighted by Gasteiger charge is -2.03. The first-order chi connectivity index (χ1) is 7.00. The summed E-state index contributed by atoms with van der Waals surface area (Å²) in [6, 6.07) is 4.61. The van der Waals surface area contributed by atoms with Crippen LogP contribution in [0.4, 0.5) is 0 Å². The van der Waals surface area contributed by atoms with Crippen molar-refractivity contribution in [3.05, 3.63) is 28.2 Å². The van der Waals surface area contributed by atoms with Crippen molar-refractivity contribution in [3.63, 3.8) is 0 Å². The van der Waals surface area contributed by atoms with E-state index in [2.05, 4.69) is 0 Å². The number of aliphatic carboxylic acids is 1. The first kappa shape index (κ1) is 12.5. The van der Waals surface area contributed by atoms with Crippen LogP contribution in [0.15, 0.2) is 23.1 Å². The van der Waals surface area contributed by atoms with Crippen LogP contribution in [0.25, 0.3) is 0 Å². The van der Waals surface area contributed by atoms with E-state index in [4.69, 9.17) is 28.3 Å². The van der Waals surface area contributed by atoms with Gasteiger partial charge in [0.1, 0.15) is 0 Å². The molecule has 1 rings (SSSR count). The molecule has 0 amide bonds. The molecule has 0 saturated carbocycles. The van der Waals surface area contributed by atoms with Gasteiger partial charge >= 0.3 is 5.97 Å². The molecule has 0 heterocycles. The molecule has 0 fully saturated rings. The van der Waals surface area contributed by atoms with E-state index in [1.54, 1.807) is 6.07 Å². The maximum Gasteiger partial charge on any atom is 0.304 e. The Labute approximate surface area is 99.5 Å². The highest BCUT2D eigenvalue weighted by Crippen LogP contribution is 2.24. The van der Waals surface area contributed by atoms with Crippen molar-refractivity contribution in [1.29, 1.82) is 0 Å². The third-order valence-electron chi connectivity index (χ3n) is 1.64. The zero-order chi connectivity index (χ0) is 11.4. The molecule has 1 unspecified atom stereocenters. The molecule has 0 aliphatic heterocycles. The molecule has 0 aliphatic carbocycles. The number of benzene rings is 1. The average molecular weight is 267 g/mol. The molecule has 1 aromatic carbocycles. The molecule has 0 radical (unpaired) electrons. The lowest BCUT2D eigenvalue weighted by molar-refractivity contribution is -0.136. The second-order valence-electron chi connectivity index (χ2n) is 2.77. The highest BCUT2D eigenvalue weighted by atomic mass is 35.5. The van der Waals surface area contributed by atoms with Gasteiger partial charge in [-0.1, -0.05) is 23.2 Å². The number of rotatable bonds is 4. The maximum absolute atomic E-state index is 11.6. The predicted octanol–water partition coefficient (Wildman–Crippen LogP) is 2.58. The van der Waals surface area contributed by atoms with Crippen LogP contribution in [-0.4, -0.2) is 21.0 Å². The summed E-state index contributed by atoms with van der Waals surface area (Å²) in [7, 11) is -1.42. The van der Waals surface area contributed by atoms with Gasteiger partial charge in [-0.3, -0.25) is 9.00 Å². The van der Waals surface area contributed by atoms with Gasteiger partial charge in [0.25, 0.3) is 0 Å². The number of halogens is 2. The summed E-state index contributed by atoms with van der Waals surface area (Å²) in [4.78, 5) is 10.7. The van der Waals surface area contributed by atoms with Gasteiger partial charge in [-0.2, -0.15) is 0 Å². The Hall–Kier alpha value is -0.580. The summed E-state index contributed by atoms with van der Waals surface area (Å²) in [5.74, 6) is -0.948. The lowest BCUT2D eigenvalue weighted by Crippen LogP contribution is -2.05. The SMILES string of the molecule is O=C(O)CCS(=O)c1cc(Cl)ccc1Cl. The van der Waals surface area contributed by atoms with Crippen molar-refractivity contribution in [2.24, 2.45) is 0 Å². The predicted molar refractivity (Wildman–Crippen MR) is 60.0 cm³/mol. The Morgan fingerprint density at radius 2 is 2.07 bits per heavy atom. The molecule has 0 saturated heterocycles. The molecule has 1 atom stereocenters. The van der Waals surface area contributed by atoms with Gasteiger partial charge in [-0.25, -0.2) is 0 Å². The molecular weight excluding hydrogens is 259 g/mol. The minimum absolute atomic E-state index is 0.0371. The van der Waals surface area contributed by atoms with E-state index in [0.29, 0.717) is 14.9 Å². The van der Waals surface area contributed by atoms with Gasteiger partial charge in [0, 0.05) is 10.8 Å². The number of hydrogen-bond acceptors (Lipinski definition) is 2. The summed E-state index contributed by atoms with van der Waals surface area (Å²) in [6.45, 7) is 0. The van der Waals surface area contributed by atoms with Crippen LogP contribution in [0.3, 0.4) is 0 Å². The third-order valence-corrected chi connectivity index (χ3v) is 3.72. The van der Waals surface area contributed by atoms with Gasteiger partial charge in [0.2, 0.25) is 0 Å². The van der Waals surface area contributed by atoms with Crippen molar-refractivity contribution in [2.45, 2.75) is 11.3 Å². The summed E-state index contributed by atoms with van der Waals surface area (Å²) in [5.41, 5.74) is 0. The number of hydrogen-bond donors (Lipinski definition) is 1. The quantitative estimate of drug-likeness (QED) is 0.912. The summed E-state index contributed by atoms with van der Waals surface area (Å²) >= 11 is 11.5. The maximum atomic E-state index is 11.6. The Balaban J connectivity index is 2.81. The molecule has 15 heavy (non-hydrogen) atoms. The Morgan fingerprint density at radius 1 is 1.40 bits per heavy atom. The lowest BCUT2D eigenvalue weighted by atomic mass is 10.4. The van der Waals surface area contributed by atoms with Crippen molar-refractivity contribution in [3.8, 4) is 0 Å². The molecule has 0 bridgehead atoms. The molecule has 3 nitrogen and oxygen atoms in total. The Bertz CT molecular complexity index is 406. The van der Waals surface area contributed by atoms with E-state index < -0.39 is 16.8 Å². The first-order valence-corrected chi connectivity index (χ1v) is 6.13. The zero-order valence-corrected chi connectivity index (χ0v) is 9.90. The smallest absolute Gasteiger partial charge is 0.304 e. The molecule has 82 valence electrons. The topological polar surface area (TPSA) is 54.4 Å². The molecule has 1 aromatic rings. The van der Waals surface area contributed by atoms with E-state index in [0.717, 1.165) is 0 Å². The summed E-state index contributed by atoms with van der Waals surface area (Å²) < 4.78 is 11.6. The van der Waals surface area contributed by atoms with Gasteiger partial charge in [0.15, 0.2) is 0 Å². The highest BCUT2D eigenvalue weighted by molar-refractivity contribution is 7.85.